The van der Waals surface area contributed by atoms with Crippen molar-refractivity contribution in [3.63, 3.8) is 0 Å². The summed E-state index contributed by atoms with van der Waals surface area (Å²) in [5.74, 6) is 0.674. The summed E-state index contributed by atoms with van der Waals surface area (Å²) in [5.41, 5.74) is 0.949. The summed E-state index contributed by atoms with van der Waals surface area (Å²) in [5, 5.41) is 5.96. The third-order valence-corrected chi connectivity index (χ3v) is 6.06. The van der Waals surface area contributed by atoms with Gasteiger partial charge in [-0.25, -0.2) is 4.98 Å². The van der Waals surface area contributed by atoms with Gasteiger partial charge in [0, 0.05) is 49.4 Å². The Hall–Kier alpha value is -2.91. The van der Waals surface area contributed by atoms with E-state index in [1.807, 2.05) is 18.4 Å². The molecule has 8 nitrogen and oxygen atoms in total. The van der Waals surface area contributed by atoms with Crippen LogP contribution in [0.1, 0.15) is 39.8 Å². The highest BCUT2D eigenvalue weighted by Crippen LogP contribution is 2.24. The number of carbonyl (C=O) groups is 1. The fraction of sp³-hybridized carbons (Fsp3) is 0.381. The first-order chi connectivity index (χ1) is 14.6. The van der Waals surface area contributed by atoms with Crippen LogP contribution in [0.5, 0.6) is 5.75 Å². The van der Waals surface area contributed by atoms with Gasteiger partial charge in [0.05, 0.1) is 26.0 Å². The lowest BCUT2D eigenvalue weighted by Crippen LogP contribution is -2.32. The number of pyridine rings is 1. The summed E-state index contributed by atoms with van der Waals surface area (Å²) in [4.78, 5) is 32.5. The van der Waals surface area contributed by atoms with E-state index in [1.165, 1.54) is 13.2 Å². The Labute approximate surface area is 178 Å². The molecule has 1 aliphatic heterocycles. The van der Waals surface area contributed by atoms with Crippen molar-refractivity contribution in [3.8, 4) is 5.75 Å². The van der Waals surface area contributed by atoms with Gasteiger partial charge in [0.2, 0.25) is 0 Å². The summed E-state index contributed by atoms with van der Waals surface area (Å²) >= 11 is 1.62. The van der Waals surface area contributed by atoms with Gasteiger partial charge < -0.3 is 19.0 Å². The molecule has 0 fully saturated rings. The summed E-state index contributed by atoms with van der Waals surface area (Å²) < 4.78 is 12.5. The second kappa shape index (κ2) is 8.85. The maximum atomic E-state index is 13.2. The molecule has 30 heavy (non-hydrogen) atoms. The van der Waals surface area contributed by atoms with Gasteiger partial charge in [-0.3, -0.25) is 14.5 Å². The molecule has 158 valence electrons. The molecule has 1 aliphatic rings. The normalized spacial score (nSPS) is 15.3. The van der Waals surface area contributed by atoms with E-state index >= 15 is 0 Å². The van der Waals surface area contributed by atoms with E-state index < -0.39 is 0 Å². The fourth-order valence-electron chi connectivity index (χ4n) is 3.76. The highest BCUT2D eigenvalue weighted by molar-refractivity contribution is 7.09. The number of nitrogens with zero attached hydrogens (tertiary/aromatic N) is 3. The minimum Gasteiger partial charge on any atom is -0.496 e. The molecule has 4 heterocycles. The van der Waals surface area contributed by atoms with Crippen molar-refractivity contribution in [1.29, 1.82) is 0 Å². The molecule has 1 N–H and O–H groups in total. The van der Waals surface area contributed by atoms with Gasteiger partial charge in [-0.05, 0) is 19.1 Å². The topological polar surface area (TPSA) is 89.6 Å². The van der Waals surface area contributed by atoms with Crippen molar-refractivity contribution in [2.75, 3.05) is 20.2 Å². The van der Waals surface area contributed by atoms with E-state index in [4.69, 9.17) is 9.15 Å². The van der Waals surface area contributed by atoms with Crippen LogP contribution in [0.15, 0.2) is 45.3 Å². The van der Waals surface area contributed by atoms with Crippen LogP contribution in [0.2, 0.25) is 0 Å². The number of hydrogen-bond donors (Lipinski definition) is 1. The summed E-state index contributed by atoms with van der Waals surface area (Å²) in [6.45, 7) is 4.53. The molecule has 3 aromatic rings. The molecule has 9 heteroatoms. The predicted molar refractivity (Wildman–Crippen MR) is 113 cm³/mol. The van der Waals surface area contributed by atoms with Gasteiger partial charge in [-0.2, -0.15) is 0 Å². The van der Waals surface area contributed by atoms with E-state index in [-0.39, 0.29) is 17.5 Å². The molecule has 0 aliphatic carbocycles. The van der Waals surface area contributed by atoms with Crippen LogP contribution in [0.4, 0.5) is 0 Å². The largest absolute Gasteiger partial charge is 0.496 e. The van der Waals surface area contributed by atoms with E-state index in [0.29, 0.717) is 42.3 Å². The quantitative estimate of drug-likeness (QED) is 0.649. The lowest BCUT2D eigenvalue weighted by atomic mass is 10.1. The maximum absolute atomic E-state index is 13.2. The highest BCUT2D eigenvalue weighted by Gasteiger charge is 2.26. The van der Waals surface area contributed by atoms with Crippen LogP contribution in [-0.2, 0) is 19.5 Å². The number of carbonyl (C=O) groups excluding carboxylic acids is 1. The molecule has 1 amide bonds. The first-order valence-electron chi connectivity index (χ1n) is 9.82. The number of ether oxygens (including phenoxy) is 1. The van der Waals surface area contributed by atoms with Gasteiger partial charge in [0.1, 0.15) is 22.1 Å². The Morgan fingerprint density at radius 3 is 2.97 bits per heavy atom. The van der Waals surface area contributed by atoms with Crippen LogP contribution in [0.25, 0.3) is 0 Å². The van der Waals surface area contributed by atoms with Crippen molar-refractivity contribution in [2.24, 2.45) is 0 Å². The number of nitrogens with one attached hydrogen (secondary N) is 1. The first kappa shape index (κ1) is 20.4. The number of thiazole rings is 1. The number of aromatic nitrogens is 2. The SMILES string of the molecule is COc1cc(=O)n2c(c1C(=O)NC(C)c1ccco1)CCN(Cc1nccs1)CC2. The fourth-order valence-corrected chi connectivity index (χ4v) is 4.41. The third-order valence-electron chi connectivity index (χ3n) is 5.29. The Bertz CT molecular complexity index is 1060. The average molecular weight is 429 g/mol. The second-order valence-corrected chi connectivity index (χ2v) is 8.17. The van der Waals surface area contributed by atoms with E-state index in [9.17, 15) is 9.59 Å². The lowest BCUT2D eigenvalue weighted by molar-refractivity contribution is 0.0930. The molecule has 3 aromatic heterocycles. The van der Waals surface area contributed by atoms with Crippen molar-refractivity contribution in [3.05, 3.63) is 68.4 Å². The zero-order chi connectivity index (χ0) is 21.1. The molecule has 0 aromatic carbocycles. The standard InChI is InChI=1S/C21H24N4O4S/c1-14(16-4-3-10-29-16)23-21(27)20-15-5-7-24(13-18-22-6-11-30-18)8-9-25(15)19(26)12-17(20)28-2/h3-4,6,10-12,14H,5,7-9,13H2,1-2H3,(H,23,27). The van der Waals surface area contributed by atoms with Gasteiger partial charge in [0.15, 0.2) is 0 Å². The summed E-state index contributed by atoms with van der Waals surface area (Å²) in [6, 6.07) is 4.68. The molecular weight excluding hydrogens is 404 g/mol. The minimum absolute atomic E-state index is 0.159. The first-order valence-corrected chi connectivity index (χ1v) is 10.7. The van der Waals surface area contributed by atoms with Gasteiger partial charge in [0.25, 0.3) is 11.5 Å². The van der Waals surface area contributed by atoms with Gasteiger partial charge in [-0.1, -0.05) is 0 Å². The zero-order valence-electron chi connectivity index (χ0n) is 17.0. The third kappa shape index (κ3) is 4.17. The highest BCUT2D eigenvalue weighted by atomic mass is 32.1. The summed E-state index contributed by atoms with van der Waals surface area (Å²) in [7, 11) is 1.48. The Kier molecular flexibility index (Phi) is 6.01. The summed E-state index contributed by atoms with van der Waals surface area (Å²) in [6.07, 6.45) is 3.93. The molecule has 0 bridgehead atoms. The van der Waals surface area contributed by atoms with E-state index in [0.717, 1.165) is 18.1 Å². The van der Waals surface area contributed by atoms with E-state index in [1.54, 1.807) is 34.4 Å². The zero-order valence-corrected chi connectivity index (χ0v) is 17.8. The second-order valence-electron chi connectivity index (χ2n) is 7.19. The lowest BCUT2D eigenvalue weighted by Gasteiger charge is -2.19. The number of furan rings is 1. The Morgan fingerprint density at radius 2 is 2.27 bits per heavy atom. The van der Waals surface area contributed by atoms with Gasteiger partial charge >= 0.3 is 0 Å². The number of amides is 1. The van der Waals surface area contributed by atoms with E-state index in [2.05, 4.69) is 15.2 Å². The molecule has 1 unspecified atom stereocenters. The monoisotopic (exact) mass is 428 g/mol. The van der Waals surface area contributed by atoms with Crippen molar-refractivity contribution >= 4 is 17.2 Å². The number of hydrogen-bond acceptors (Lipinski definition) is 7. The molecule has 0 saturated carbocycles. The molecule has 0 saturated heterocycles. The maximum Gasteiger partial charge on any atom is 0.257 e. The van der Waals surface area contributed by atoms with Crippen LogP contribution in [0, 0.1) is 0 Å². The van der Waals surface area contributed by atoms with Crippen LogP contribution in [-0.4, -0.2) is 40.6 Å². The molecule has 0 radical (unpaired) electrons. The molecule has 1 atom stereocenters. The Morgan fingerprint density at radius 1 is 1.40 bits per heavy atom. The van der Waals surface area contributed by atoms with Crippen molar-refractivity contribution < 1.29 is 13.9 Å². The molecule has 0 spiro atoms. The van der Waals surface area contributed by atoms with Crippen molar-refractivity contribution in [1.82, 2.24) is 19.8 Å². The Balaban J connectivity index is 1.62. The average Bonchev–Trinajstić information content (AvgIpc) is 3.40. The number of rotatable bonds is 6. The number of fused-ring (bicyclic) bond motifs is 1. The van der Waals surface area contributed by atoms with Crippen LogP contribution < -0.4 is 15.6 Å². The predicted octanol–water partition coefficient (Wildman–Crippen LogP) is 2.46. The minimum atomic E-state index is -0.308. The van der Waals surface area contributed by atoms with Crippen molar-refractivity contribution in [2.45, 2.75) is 32.5 Å². The smallest absolute Gasteiger partial charge is 0.257 e. The van der Waals surface area contributed by atoms with Crippen LogP contribution in [0.3, 0.4) is 0 Å². The molecular formula is C21H24N4O4S. The van der Waals surface area contributed by atoms with Gasteiger partial charge in [-0.15, -0.1) is 11.3 Å². The van der Waals surface area contributed by atoms with Crippen LogP contribution >= 0.6 is 11.3 Å². The molecule has 4 rings (SSSR count). The number of methoxy groups -OCH3 is 1.